The predicted molar refractivity (Wildman–Crippen MR) is 85.1 cm³/mol. The summed E-state index contributed by atoms with van der Waals surface area (Å²) in [6.45, 7) is 4.42. The van der Waals surface area contributed by atoms with Crippen LogP contribution in [0, 0.1) is 0 Å². The van der Waals surface area contributed by atoms with E-state index in [1.54, 1.807) is 10.9 Å². The van der Waals surface area contributed by atoms with Gasteiger partial charge in [0.2, 0.25) is 0 Å². The predicted octanol–water partition coefficient (Wildman–Crippen LogP) is 1.71. The van der Waals surface area contributed by atoms with Crippen molar-refractivity contribution in [3.05, 3.63) is 63.1 Å². The van der Waals surface area contributed by atoms with E-state index < -0.39 is 5.69 Å². The van der Waals surface area contributed by atoms with Gasteiger partial charge in [0.15, 0.2) is 11.2 Å². The number of nitrogens with zero attached hydrogens (tertiary/aromatic N) is 3. The maximum Gasteiger partial charge on any atom is 0.330 e. The maximum atomic E-state index is 12.1. The van der Waals surface area contributed by atoms with Crippen LogP contribution in [0.1, 0.15) is 25.5 Å². The second kappa shape index (κ2) is 5.63. The van der Waals surface area contributed by atoms with Crippen LogP contribution in [0.25, 0.3) is 11.2 Å². The molecule has 0 fully saturated rings. The Bertz CT molecular complexity index is 903. The van der Waals surface area contributed by atoms with E-state index in [-0.39, 0.29) is 11.6 Å². The average Bonchev–Trinajstić information content (AvgIpc) is 2.90. The highest BCUT2D eigenvalue weighted by molar-refractivity contribution is 5.70. The van der Waals surface area contributed by atoms with Crippen molar-refractivity contribution in [1.29, 1.82) is 0 Å². The van der Waals surface area contributed by atoms with E-state index in [2.05, 4.69) is 9.97 Å². The molecule has 1 N–H and O–H groups in total. The summed E-state index contributed by atoms with van der Waals surface area (Å²) in [7, 11) is 0. The first-order chi connectivity index (χ1) is 10.6. The fraction of sp³-hybridized carbons (Fsp3) is 0.312. The quantitative estimate of drug-likeness (QED) is 0.797. The first-order valence-electron chi connectivity index (χ1n) is 7.31. The number of benzene rings is 1. The summed E-state index contributed by atoms with van der Waals surface area (Å²) in [5.74, 6) is 0. The lowest BCUT2D eigenvalue weighted by atomic mass is 10.1. The van der Waals surface area contributed by atoms with Crippen molar-refractivity contribution in [1.82, 2.24) is 19.1 Å². The third-order valence-electron chi connectivity index (χ3n) is 3.70. The molecule has 0 aliphatic rings. The largest absolute Gasteiger partial charge is 0.330 e. The minimum atomic E-state index is -0.416. The Hall–Kier alpha value is -2.63. The highest BCUT2D eigenvalue weighted by atomic mass is 16.2. The van der Waals surface area contributed by atoms with Gasteiger partial charge >= 0.3 is 5.69 Å². The zero-order valence-corrected chi connectivity index (χ0v) is 12.6. The molecule has 0 bridgehead atoms. The number of hydrogen-bond acceptors (Lipinski definition) is 3. The first kappa shape index (κ1) is 14.3. The molecule has 22 heavy (non-hydrogen) atoms. The molecule has 0 radical (unpaired) electrons. The van der Waals surface area contributed by atoms with Gasteiger partial charge in [-0.1, -0.05) is 30.3 Å². The Morgan fingerprint density at radius 1 is 1.18 bits per heavy atom. The average molecular weight is 298 g/mol. The maximum absolute atomic E-state index is 12.1. The second-order valence-corrected chi connectivity index (χ2v) is 5.57. The summed E-state index contributed by atoms with van der Waals surface area (Å²) in [6.07, 6.45) is 2.42. The van der Waals surface area contributed by atoms with Crippen molar-refractivity contribution in [3.63, 3.8) is 0 Å². The molecule has 0 saturated heterocycles. The van der Waals surface area contributed by atoms with Gasteiger partial charge in [0.25, 0.3) is 5.56 Å². The molecular formula is C16H18N4O2. The highest BCUT2D eigenvalue weighted by Gasteiger charge is 2.15. The molecule has 1 aromatic carbocycles. The van der Waals surface area contributed by atoms with E-state index in [0.29, 0.717) is 17.7 Å². The molecular weight excluding hydrogens is 280 g/mol. The normalized spacial score (nSPS) is 11.4. The summed E-state index contributed by atoms with van der Waals surface area (Å²) in [6, 6.07) is 9.99. The lowest BCUT2D eigenvalue weighted by Crippen LogP contribution is -2.32. The number of rotatable bonds is 4. The number of imidazole rings is 1. The number of hydrogen-bond donors (Lipinski definition) is 1. The molecule has 0 aliphatic carbocycles. The van der Waals surface area contributed by atoms with Gasteiger partial charge in [-0.25, -0.2) is 9.78 Å². The third-order valence-corrected chi connectivity index (χ3v) is 3.70. The number of nitrogens with one attached hydrogen (secondary N) is 1. The van der Waals surface area contributed by atoms with Crippen LogP contribution >= 0.6 is 0 Å². The molecule has 0 unspecified atom stereocenters. The lowest BCUT2D eigenvalue weighted by molar-refractivity contribution is 0.579. The fourth-order valence-electron chi connectivity index (χ4n) is 2.64. The molecule has 2 heterocycles. The van der Waals surface area contributed by atoms with Gasteiger partial charge in [0.1, 0.15) is 0 Å². The summed E-state index contributed by atoms with van der Waals surface area (Å²) in [5, 5.41) is 0. The summed E-state index contributed by atoms with van der Waals surface area (Å²) in [4.78, 5) is 30.7. The molecule has 0 aliphatic heterocycles. The number of H-pyrrole nitrogens is 1. The summed E-state index contributed by atoms with van der Waals surface area (Å²) in [5.41, 5.74) is 1.28. The van der Waals surface area contributed by atoms with Crippen molar-refractivity contribution >= 4 is 11.2 Å². The van der Waals surface area contributed by atoms with Crippen LogP contribution in [0.3, 0.4) is 0 Å². The van der Waals surface area contributed by atoms with E-state index in [1.807, 2.05) is 44.2 Å². The Morgan fingerprint density at radius 3 is 2.59 bits per heavy atom. The van der Waals surface area contributed by atoms with Crippen molar-refractivity contribution in [2.75, 3.05) is 0 Å². The molecule has 6 heteroatoms. The van der Waals surface area contributed by atoms with E-state index in [4.69, 9.17) is 0 Å². The van der Waals surface area contributed by atoms with Crippen LogP contribution in [-0.4, -0.2) is 19.1 Å². The van der Waals surface area contributed by atoms with Crippen LogP contribution in [0.5, 0.6) is 0 Å². The van der Waals surface area contributed by atoms with Crippen LogP contribution < -0.4 is 11.2 Å². The van der Waals surface area contributed by atoms with Gasteiger partial charge in [-0.15, -0.1) is 0 Å². The number of aromatic amines is 1. The third kappa shape index (κ3) is 2.47. The SMILES string of the molecule is CC(C)n1c(=O)[nH]c(=O)c2c1ncn2CCc1ccccc1. The van der Waals surface area contributed by atoms with E-state index >= 15 is 0 Å². The van der Waals surface area contributed by atoms with Crippen LogP contribution in [0.15, 0.2) is 46.2 Å². The van der Waals surface area contributed by atoms with Crippen LogP contribution in [0.4, 0.5) is 0 Å². The van der Waals surface area contributed by atoms with Gasteiger partial charge in [-0.05, 0) is 25.8 Å². The molecule has 2 aromatic heterocycles. The monoisotopic (exact) mass is 298 g/mol. The van der Waals surface area contributed by atoms with Gasteiger partial charge in [-0.2, -0.15) is 0 Å². The van der Waals surface area contributed by atoms with E-state index in [1.165, 1.54) is 10.1 Å². The Morgan fingerprint density at radius 2 is 1.91 bits per heavy atom. The van der Waals surface area contributed by atoms with Crippen LogP contribution in [0.2, 0.25) is 0 Å². The number of fused-ring (bicyclic) bond motifs is 1. The molecule has 3 aromatic rings. The first-order valence-corrected chi connectivity index (χ1v) is 7.31. The van der Waals surface area contributed by atoms with Gasteiger partial charge in [-0.3, -0.25) is 14.3 Å². The molecule has 0 amide bonds. The van der Waals surface area contributed by atoms with Crippen molar-refractivity contribution in [3.8, 4) is 0 Å². The standard InChI is InChI=1S/C16H18N4O2/c1-11(2)20-14-13(15(21)18-16(20)22)19(10-17-14)9-8-12-6-4-3-5-7-12/h3-7,10-11H,8-9H2,1-2H3,(H,18,21,22). The van der Waals surface area contributed by atoms with Gasteiger partial charge in [0.05, 0.1) is 6.33 Å². The summed E-state index contributed by atoms with van der Waals surface area (Å²) < 4.78 is 3.31. The Kier molecular flexibility index (Phi) is 3.66. The zero-order chi connectivity index (χ0) is 15.7. The number of aromatic nitrogens is 4. The molecule has 0 spiro atoms. The molecule has 6 nitrogen and oxygen atoms in total. The van der Waals surface area contributed by atoms with Crippen molar-refractivity contribution < 1.29 is 0 Å². The topological polar surface area (TPSA) is 72.7 Å². The molecule has 0 saturated carbocycles. The summed E-state index contributed by atoms with van der Waals surface area (Å²) >= 11 is 0. The highest BCUT2D eigenvalue weighted by Crippen LogP contribution is 2.12. The minimum absolute atomic E-state index is 0.0654. The van der Waals surface area contributed by atoms with E-state index in [0.717, 1.165) is 6.42 Å². The molecule has 114 valence electrons. The Balaban J connectivity index is 2.03. The lowest BCUT2D eigenvalue weighted by Gasteiger charge is -2.10. The van der Waals surface area contributed by atoms with E-state index in [9.17, 15) is 9.59 Å². The molecule has 0 atom stereocenters. The minimum Gasteiger partial charge on any atom is -0.324 e. The molecule has 3 rings (SSSR count). The second-order valence-electron chi connectivity index (χ2n) is 5.57. The van der Waals surface area contributed by atoms with Gasteiger partial charge in [0, 0.05) is 12.6 Å². The number of aryl methyl sites for hydroxylation is 2. The van der Waals surface area contributed by atoms with Crippen molar-refractivity contribution in [2.45, 2.75) is 32.9 Å². The van der Waals surface area contributed by atoms with Crippen LogP contribution in [-0.2, 0) is 13.0 Å². The smallest absolute Gasteiger partial charge is 0.324 e. The van der Waals surface area contributed by atoms with Gasteiger partial charge < -0.3 is 4.57 Å². The van der Waals surface area contributed by atoms with Crippen molar-refractivity contribution in [2.24, 2.45) is 0 Å². The zero-order valence-electron chi connectivity index (χ0n) is 12.6. The fourth-order valence-corrected chi connectivity index (χ4v) is 2.64. The Labute approximate surface area is 127 Å².